The van der Waals surface area contributed by atoms with Crippen molar-refractivity contribution in [3.05, 3.63) is 31.6 Å². The van der Waals surface area contributed by atoms with Gasteiger partial charge in [-0.15, -0.1) is 0 Å². The maximum absolute atomic E-state index is 12.8. The van der Waals surface area contributed by atoms with Crippen LogP contribution in [0.15, 0.2) is 16.6 Å². The summed E-state index contributed by atoms with van der Waals surface area (Å²) in [6.45, 7) is 0. The molecule has 0 unspecified atom stereocenters. The van der Waals surface area contributed by atoms with Crippen LogP contribution in [-0.2, 0) is 5.33 Å². The van der Waals surface area contributed by atoms with Gasteiger partial charge in [0.25, 0.3) is 0 Å². The lowest BCUT2D eigenvalue weighted by Gasteiger charge is -2.01. The van der Waals surface area contributed by atoms with E-state index in [2.05, 4.69) is 54.5 Å². The third-order valence-electron chi connectivity index (χ3n) is 1.23. The molecular weight excluding hydrogens is 390 g/mol. The van der Waals surface area contributed by atoms with Crippen LogP contribution in [0.25, 0.3) is 0 Å². The van der Waals surface area contributed by atoms with Gasteiger partial charge in [0.05, 0.1) is 4.47 Å². The molecule has 0 spiro atoms. The molecule has 60 valence electrons. The predicted octanol–water partition coefficient (Wildman–Crippen LogP) is 4.09. The van der Waals surface area contributed by atoms with Crippen molar-refractivity contribution in [2.24, 2.45) is 0 Å². The van der Waals surface area contributed by atoms with Gasteiger partial charge in [0, 0.05) is 8.90 Å². The lowest BCUT2D eigenvalue weighted by atomic mass is 10.2. The van der Waals surface area contributed by atoms with Gasteiger partial charge in [-0.3, -0.25) is 0 Å². The lowest BCUT2D eigenvalue weighted by molar-refractivity contribution is 0.619. The van der Waals surface area contributed by atoms with Gasteiger partial charge in [-0.05, 0) is 56.2 Å². The Morgan fingerprint density at radius 1 is 1.45 bits per heavy atom. The van der Waals surface area contributed by atoms with Gasteiger partial charge in [-0.1, -0.05) is 15.9 Å². The second-order valence-electron chi connectivity index (χ2n) is 1.99. The first-order valence-corrected chi connectivity index (χ1v) is 5.84. The molecule has 0 aliphatic carbocycles. The normalized spacial score (nSPS) is 10.2. The van der Waals surface area contributed by atoms with Crippen molar-refractivity contribution in [2.75, 3.05) is 0 Å². The number of benzene rings is 1. The Morgan fingerprint density at radius 3 is 2.64 bits per heavy atom. The fourth-order valence-corrected chi connectivity index (χ4v) is 2.66. The van der Waals surface area contributed by atoms with E-state index in [0.717, 1.165) is 14.5 Å². The van der Waals surface area contributed by atoms with Crippen molar-refractivity contribution >= 4 is 54.5 Å². The summed E-state index contributed by atoms with van der Waals surface area (Å²) >= 11 is 8.55. The molecule has 11 heavy (non-hydrogen) atoms. The molecule has 1 aromatic carbocycles. The molecule has 0 amide bonds. The zero-order valence-electron chi connectivity index (χ0n) is 5.37. The van der Waals surface area contributed by atoms with Gasteiger partial charge in [0.2, 0.25) is 0 Å². The number of halogens is 4. The van der Waals surface area contributed by atoms with Crippen molar-refractivity contribution in [1.29, 1.82) is 0 Å². The molecule has 0 saturated heterocycles. The Hall–Kier alpha value is 0.840. The predicted molar refractivity (Wildman–Crippen MR) is 59.4 cm³/mol. The average Bonchev–Trinajstić information content (AvgIpc) is 1.97. The van der Waals surface area contributed by atoms with Crippen LogP contribution in [0.5, 0.6) is 0 Å². The minimum Gasteiger partial charge on any atom is -0.206 e. The zero-order chi connectivity index (χ0) is 8.43. The summed E-state index contributed by atoms with van der Waals surface area (Å²) in [5, 5.41) is 0.754. The van der Waals surface area contributed by atoms with Crippen molar-refractivity contribution in [1.82, 2.24) is 0 Å². The van der Waals surface area contributed by atoms with Crippen molar-refractivity contribution in [2.45, 2.75) is 5.33 Å². The SMILES string of the molecule is Fc1cc(I)c(CBr)cc1Br. The highest BCUT2D eigenvalue weighted by Crippen LogP contribution is 2.23. The Morgan fingerprint density at radius 2 is 2.09 bits per heavy atom. The Balaban J connectivity index is 3.21. The molecule has 0 heterocycles. The van der Waals surface area contributed by atoms with Gasteiger partial charge < -0.3 is 0 Å². The first kappa shape index (κ1) is 9.92. The van der Waals surface area contributed by atoms with Crippen molar-refractivity contribution in [3.63, 3.8) is 0 Å². The van der Waals surface area contributed by atoms with E-state index < -0.39 is 0 Å². The molecule has 0 aliphatic heterocycles. The first-order valence-electron chi connectivity index (χ1n) is 2.84. The molecule has 1 aromatic rings. The van der Waals surface area contributed by atoms with Crippen LogP contribution in [0.4, 0.5) is 4.39 Å². The maximum Gasteiger partial charge on any atom is 0.138 e. The summed E-state index contributed by atoms with van der Waals surface area (Å²) in [5.74, 6) is -0.209. The molecule has 0 radical (unpaired) electrons. The van der Waals surface area contributed by atoms with E-state index in [9.17, 15) is 4.39 Å². The molecule has 0 saturated carbocycles. The van der Waals surface area contributed by atoms with Crippen molar-refractivity contribution < 1.29 is 4.39 Å². The standard InChI is InChI=1S/C7H4Br2FI/c8-3-4-1-5(9)6(10)2-7(4)11/h1-2H,3H2. The first-order chi connectivity index (χ1) is 5.15. The highest BCUT2D eigenvalue weighted by molar-refractivity contribution is 14.1. The van der Waals surface area contributed by atoms with Crippen LogP contribution in [-0.4, -0.2) is 0 Å². The van der Waals surface area contributed by atoms with Gasteiger partial charge in [-0.2, -0.15) is 0 Å². The molecule has 0 atom stereocenters. The second kappa shape index (κ2) is 4.18. The Labute approximate surface area is 95.0 Å². The molecule has 4 heteroatoms. The van der Waals surface area contributed by atoms with Crippen LogP contribution in [0.3, 0.4) is 0 Å². The van der Waals surface area contributed by atoms with E-state index in [1.165, 1.54) is 6.07 Å². The largest absolute Gasteiger partial charge is 0.206 e. The number of alkyl halides is 1. The molecular formula is C7H4Br2FI. The molecule has 0 N–H and O–H groups in total. The van der Waals surface area contributed by atoms with E-state index in [1.54, 1.807) is 6.07 Å². The third kappa shape index (κ3) is 2.39. The summed E-state index contributed by atoms with van der Waals surface area (Å²) in [6, 6.07) is 3.30. The smallest absolute Gasteiger partial charge is 0.138 e. The van der Waals surface area contributed by atoms with Crippen molar-refractivity contribution in [3.8, 4) is 0 Å². The van der Waals surface area contributed by atoms with Crippen LogP contribution < -0.4 is 0 Å². The Bertz CT molecular complexity index is 275. The molecule has 0 aliphatic rings. The van der Waals surface area contributed by atoms with E-state index in [-0.39, 0.29) is 5.82 Å². The molecule has 0 fully saturated rings. The van der Waals surface area contributed by atoms with Crippen LogP contribution in [0, 0.1) is 9.39 Å². The summed E-state index contributed by atoms with van der Waals surface area (Å²) in [6.07, 6.45) is 0. The third-order valence-corrected chi connectivity index (χ3v) is 3.45. The Kier molecular flexibility index (Phi) is 3.77. The average molecular weight is 394 g/mol. The van der Waals surface area contributed by atoms with Crippen LogP contribution >= 0.6 is 54.5 Å². The minimum atomic E-state index is -0.209. The van der Waals surface area contributed by atoms with E-state index in [1.807, 2.05) is 0 Å². The molecule has 0 nitrogen and oxygen atoms in total. The van der Waals surface area contributed by atoms with Crippen LogP contribution in [0.2, 0.25) is 0 Å². The molecule has 0 bridgehead atoms. The highest BCUT2D eigenvalue weighted by Gasteiger charge is 2.04. The topological polar surface area (TPSA) is 0 Å². The van der Waals surface area contributed by atoms with Gasteiger partial charge in [-0.25, -0.2) is 4.39 Å². The molecule has 1 rings (SSSR count). The highest BCUT2D eigenvalue weighted by atomic mass is 127. The minimum absolute atomic E-state index is 0.209. The van der Waals surface area contributed by atoms with Gasteiger partial charge >= 0.3 is 0 Å². The van der Waals surface area contributed by atoms with E-state index >= 15 is 0 Å². The van der Waals surface area contributed by atoms with E-state index in [4.69, 9.17) is 0 Å². The zero-order valence-corrected chi connectivity index (χ0v) is 10.7. The summed E-state index contributed by atoms with van der Waals surface area (Å²) in [7, 11) is 0. The summed E-state index contributed by atoms with van der Waals surface area (Å²) in [4.78, 5) is 0. The quantitative estimate of drug-likeness (QED) is 0.383. The number of hydrogen-bond donors (Lipinski definition) is 0. The fraction of sp³-hybridized carbons (Fsp3) is 0.143. The van der Waals surface area contributed by atoms with Gasteiger partial charge in [0.1, 0.15) is 5.82 Å². The number of rotatable bonds is 1. The molecule has 0 aromatic heterocycles. The summed E-state index contributed by atoms with van der Waals surface area (Å²) in [5.41, 5.74) is 1.10. The van der Waals surface area contributed by atoms with Crippen LogP contribution in [0.1, 0.15) is 5.56 Å². The summed E-state index contributed by atoms with van der Waals surface area (Å²) < 4.78 is 14.3. The number of hydrogen-bond acceptors (Lipinski definition) is 0. The second-order valence-corrected chi connectivity index (χ2v) is 4.57. The van der Waals surface area contributed by atoms with E-state index in [0.29, 0.717) is 4.47 Å². The maximum atomic E-state index is 12.8. The lowest BCUT2D eigenvalue weighted by Crippen LogP contribution is -1.87. The fourth-order valence-electron chi connectivity index (χ4n) is 0.666. The van der Waals surface area contributed by atoms with Gasteiger partial charge in [0.15, 0.2) is 0 Å². The monoisotopic (exact) mass is 392 g/mol.